The summed E-state index contributed by atoms with van der Waals surface area (Å²) in [7, 11) is 0. The number of nitrogens with zero attached hydrogens (tertiary/aromatic N) is 1. The molecule has 7 nitrogen and oxygen atoms in total. The molecular formula is C24H34N4O3. The number of hydrogen-bond acceptors (Lipinski definition) is 4. The van der Waals surface area contributed by atoms with E-state index < -0.39 is 6.10 Å². The molecule has 0 aliphatic carbocycles. The Morgan fingerprint density at radius 1 is 1.03 bits per heavy atom. The Hall–Kier alpha value is -3.06. The summed E-state index contributed by atoms with van der Waals surface area (Å²) in [5.74, 6) is 1.11. The fraction of sp³-hybridized carbons (Fsp3) is 0.417. The first-order valence-electron chi connectivity index (χ1n) is 10.8. The van der Waals surface area contributed by atoms with Crippen LogP contribution in [0.5, 0.6) is 5.75 Å². The van der Waals surface area contributed by atoms with Crippen molar-refractivity contribution in [2.75, 3.05) is 26.2 Å². The number of carbonyl (C=O) groups excluding carboxylic acids is 1. The topological polar surface area (TPSA) is 95.0 Å². The predicted molar refractivity (Wildman–Crippen MR) is 124 cm³/mol. The molecule has 0 radical (unpaired) electrons. The van der Waals surface area contributed by atoms with Gasteiger partial charge in [0.2, 0.25) is 5.91 Å². The third-order valence-corrected chi connectivity index (χ3v) is 4.40. The van der Waals surface area contributed by atoms with E-state index in [0.717, 1.165) is 17.7 Å². The van der Waals surface area contributed by atoms with E-state index in [9.17, 15) is 9.90 Å². The molecule has 1 atom stereocenters. The molecule has 168 valence electrons. The number of ether oxygens (including phenoxy) is 1. The minimum Gasteiger partial charge on any atom is -0.491 e. The number of nitrogens with one attached hydrogen (secondary N) is 3. The number of aliphatic imine (C=N–C) groups is 1. The molecule has 0 bridgehead atoms. The highest BCUT2D eigenvalue weighted by molar-refractivity contribution is 5.84. The van der Waals surface area contributed by atoms with E-state index in [1.54, 1.807) is 0 Å². The van der Waals surface area contributed by atoms with Crippen molar-refractivity contribution in [1.82, 2.24) is 16.0 Å². The van der Waals surface area contributed by atoms with Crippen LogP contribution in [0, 0.1) is 0 Å². The highest BCUT2D eigenvalue weighted by Crippen LogP contribution is 2.18. The van der Waals surface area contributed by atoms with Crippen molar-refractivity contribution in [2.45, 2.75) is 39.4 Å². The smallest absolute Gasteiger partial charge is 0.241 e. The Morgan fingerprint density at radius 2 is 1.74 bits per heavy atom. The highest BCUT2D eigenvalue weighted by atomic mass is 16.5. The molecule has 4 N–H and O–H groups in total. The van der Waals surface area contributed by atoms with E-state index in [1.165, 1.54) is 5.56 Å². The summed E-state index contributed by atoms with van der Waals surface area (Å²) in [4.78, 5) is 16.4. The van der Waals surface area contributed by atoms with Crippen LogP contribution in [-0.4, -0.2) is 49.3 Å². The van der Waals surface area contributed by atoms with Crippen LogP contribution in [0.2, 0.25) is 0 Å². The normalized spacial score (nSPS) is 12.4. The van der Waals surface area contributed by atoms with E-state index in [-0.39, 0.29) is 25.1 Å². The van der Waals surface area contributed by atoms with Gasteiger partial charge < -0.3 is 25.8 Å². The molecule has 2 aromatic rings. The number of aliphatic hydroxyl groups excluding tert-OH is 1. The molecular weight excluding hydrogens is 392 g/mol. The van der Waals surface area contributed by atoms with Crippen LogP contribution in [0.15, 0.2) is 59.6 Å². The second kappa shape index (κ2) is 13.3. The molecule has 0 aromatic heterocycles. The Kier molecular flexibility index (Phi) is 10.4. The minimum absolute atomic E-state index is 0.0153. The minimum atomic E-state index is -0.711. The van der Waals surface area contributed by atoms with Crippen LogP contribution in [0.1, 0.15) is 38.0 Å². The third-order valence-electron chi connectivity index (χ3n) is 4.40. The largest absolute Gasteiger partial charge is 0.491 e. The zero-order chi connectivity index (χ0) is 22.5. The Morgan fingerprint density at radius 3 is 2.39 bits per heavy atom. The van der Waals surface area contributed by atoms with Gasteiger partial charge in [0.15, 0.2) is 5.96 Å². The molecule has 31 heavy (non-hydrogen) atoms. The number of amides is 1. The van der Waals surface area contributed by atoms with Crippen LogP contribution in [0.4, 0.5) is 0 Å². The van der Waals surface area contributed by atoms with Gasteiger partial charge in [-0.1, -0.05) is 42.5 Å². The average Bonchev–Trinajstić information content (AvgIpc) is 2.76. The SMILES string of the molecule is CCNC(=NCC(=O)NCCc1ccccc1)NCC(O)c1ccc(OC(C)C)cc1. The van der Waals surface area contributed by atoms with Crippen LogP contribution in [-0.2, 0) is 11.2 Å². The molecule has 0 aliphatic rings. The molecule has 0 saturated carbocycles. The molecule has 1 unspecified atom stereocenters. The maximum Gasteiger partial charge on any atom is 0.241 e. The van der Waals surface area contributed by atoms with Crippen molar-refractivity contribution in [2.24, 2.45) is 4.99 Å². The second-order valence-electron chi connectivity index (χ2n) is 7.41. The lowest BCUT2D eigenvalue weighted by molar-refractivity contribution is -0.119. The number of benzene rings is 2. The molecule has 0 fully saturated rings. The Labute approximate surface area is 184 Å². The lowest BCUT2D eigenvalue weighted by atomic mass is 10.1. The van der Waals surface area contributed by atoms with E-state index in [0.29, 0.717) is 19.0 Å². The summed E-state index contributed by atoms with van der Waals surface area (Å²) < 4.78 is 5.62. The first-order valence-corrected chi connectivity index (χ1v) is 10.8. The Balaban J connectivity index is 1.78. The maximum atomic E-state index is 12.1. The first-order chi connectivity index (χ1) is 15.0. The molecule has 0 aliphatic heterocycles. The monoisotopic (exact) mass is 426 g/mol. The first kappa shape index (κ1) is 24.2. The van der Waals surface area contributed by atoms with Crippen molar-refractivity contribution in [3.63, 3.8) is 0 Å². The number of hydrogen-bond donors (Lipinski definition) is 4. The van der Waals surface area contributed by atoms with Crippen LogP contribution < -0.4 is 20.7 Å². The molecule has 0 spiro atoms. The molecule has 1 amide bonds. The van der Waals surface area contributed by atoms with Crippen LogP contribution in [0.25, 0.3) is 0 Å². The number of rotatable bonds is 11. The summed E-state index contributed by atoms with van der Waals surface area (Å²) >= 11 is 0. The summed E-state index contributed by atoms with van der Waals surface area (Å²) in [6.45, 7) is 7.39. The molecule has 7 heteroatoms. The average molecular weight is 427 g/mol. The number of carbonyl (C=O) groups is 1. The van der Waals surface area contributed by atoms with Gasteiger partial charge in [0, 0.05) is 19.6 Å². The molecule has 0 heterocycles. The molecule has 2 aromatic carbocycles. The second-order valence-corrected chi connectivity index (χ2v) is 7.41. The standard InChI is InChI=1S/C24H34N4O3/c1-4-25-24(28-17-23(30)26-15-14-19-8-6-5-7-9-19)27-16-22(29)20-10-12-21(13-11-20)31-18(2)3/h5-13,18,22,29H,4,14-17H2,1-3H3,(H,26,30)(H2,25,27,28). The lowest BCUT2D eigenvalue weighted by Gasteiger charge is -2.16. The van der Waals surface area contributed by atoms with E-state index in [4.69, 9.17) is 4.74 Å². The van der Waals surface area contributed by atoms with Gasteiger partial charge >= 0.3 is 0 Å². The fourth-order valence-corrected chi connectivity index (χ4v) is 2.89. The lowest BCUT2D eigenvalue weighted by Crippen LogP contribution is -2.40. The van der Waals surface area contributed by atoms with E-state index in [2.05, 4.69) is 20.9 Å². The number of aliphatic hydroxyl groups is 1. The summed E-state index contributed by atoms with van der Waals surface area (Å²) in [6, 6.07) is 17.4. The van der Waals surface area contributed by atoms with Gasteiger partial charge in [0.1, 0.15) is 12.3 Å². The third kappa shape index (κ3) is 9.53. The maximum absolute atomic E-state index is 12.1. The van der Waals surface area contributed by atoms with Gasteiger partial charge in [0.05, 0.1) is 12.2 Å². The molecule has 0 saturated heterocycles. The van der Waals surface area contributed by atoms with Gasteiger partial charge in [0.25, 0.3) is 0 Å². The molecule has 2 rings (SSSR count). The van der Waals surface area contributed by atoms with Crippen molar-refractivity contribution >= 4 is 11.9 Å². The fourth-order valence-electron chi connectivity index (χ4n) is 2.89. The number of guanidine groups is 1. The quantitative estimate of drug-likeness (QED) is 0.327. The van der Waals surface area contributed by atoms with Crippen LogP contribution >= 0.6 is 0 Å². The van der Waals surface area contributed by atoms with Crippen molar-refractivity contribution < 1.29 is 14.6 Å². The zero-order valence-electron chi connectivity index (χ0n) is 18.6. The van der Waals surface area contributed by atoms with Gasteiger partial charge in [-0.3, -0.25) is 4.79 Å². The summed E-state index contributed by atoms with van der Waals surface area (Å²) in [5, 5.41) is 19.5. The Bertz CT molecular complexity index is 807. The van der Waals surface area contributed by atoms with Gasteiger partial charge in [-0.25, -0.2) is 4.99 Å². The van der Waals surface area contributed by atoms with Crippen LogP contribution in [0.3, 0.4) is 0 Å². The van der Waals surface area contributed by atoms with Crippen molar-refractivity contribution in [3.05, 3.63) is 65.7 Å². The summed E-state index contributed by atoms with van der Waals surface area (Å²) in [5.41, 5.74) is 1.96. The van der Waals surface area contributed by atoms with E-state index in [1.807, 2.05) is 75.4 Å². The van der Waals surface area contributed by atoms with Gasteiger partial charge in [-0.2, -0.15) is 0 Å². The van der Waals surface area contributed by atoms with Crippen molar-refractivity contribution in [1.29, 1.82) is 0 Å². The highest BCUT2D eigenvalue weighted by Gasteiger charge is 2.10. The summed E-state index contributed by atoms with van der Waals surface area (Å²) in [6.07, 6.45) is 0.172. The van der Waals surface area contributed by atoms with Gasteiger partial charge in [-0.15, -0.1) is 0 Å². The predicted octanol–water partition coefficient (Wildman–Crippen LogP) is 2.42. The van der Waals surface area contributed by atoms with Gasteiger partial charge in [-0.05, 0) is 50.5 Å². The van der Waals surface area contributed by atoms with Crippen molar-refractivity contribution in [3.8, 4) is 5.75 Å². The van der Waals surface area contributed by atoms with E-state index >= 15 is 0 Å². The zero-order valence-corrected chi connectivity index (χ0v) is 18.6.